The quantitative estimate of drug-likeness (QED) is 0.629. The van der Waals surface area contributed by atoms with Crippen LogP contribution in [0.5, 0.6) is 0 Å². The number of nitrogens with one attached hydrogen (secondary N) is 1. The van der Waals surface area contributed by atoms with Crippen molar-refractivity contribution in [3.05, 3.63) is 40.8 Å². The second-order valence-electron chi connectivity index (χ2n) is 3.04. The molecule has 0 radical (unpaired) electrons. The van der Waals surface area contributed by atoms with E-state index in [0.717, 1.165) is 12.1 Å². The molecule has 1 rings (SSSR count). The molecule has 84 valence electrons. The second kappa shape index (κ2) is 5.71. The lowest BCUT2D eigenvalue weighted by Crippen LogP contribution is -2.02. The number of halogens is 1. The van der Waals surface area contributed by atoms with Gasteiger partial charge in [0.25, 0.3) is 0 Å². The van der Waals surface area contributed by atoms with Crippen molar-refractivity contribution in [2.24, 2.45) is 0 Å². The Hall–Kier alpha value is -3.28. The summed E-state index contributed by atoms with van der Waals surface area (Å²) in [6, 6.07) is 8.42. The molecule has 0 aromatic heterocycles. The number of benzene rings is 1. The van der Waals surface area contributed by atoms with Crippen molar-refractivity contribution in [2.75, 3.05) is 5.32 Å². The molecule has 5 heteroatoms. The molecule has 0 aliphatic rings. The Morgan fingerprint density at radius 2 is 1.83 bits per heavy atom. The second-order valence-corrected chi connectivity index (χ2v) is 3.04. The molecule has 1 N–H and O–H groups in total. The van der Waals surface area contributed by atoms with Crippen LogP contribution in [0.2, 0.25) is 0 Å². The van der Waals surface area contributed by atoms with Gasteiger partial charge in [-0.15, -0.1) is 6.42 Å². The van der Waals surface area contributed by atoms with Crippen LogP contribution in [0.1, 0.15) is 5.56 Å². The minimum Gasteiger partial charge on any atom is -0.344 e. The largest absolute Gasteiger partial charge is 0.344 e. The Kier molecular flexibility index (Phi) is 4.06. The van der Waals surface area contributed by atoms with Crippen LogP contribution in [-0.2, 0) is 0 Å². The van der Waals surface area contributed by atoms with Crippen LogP contribution in [0.25, 0.3) is 0 Å². The van der Waals surface area contributed by atoms with Gasteiger partial charge in [0.2, 0.25) is 0 Å². The summed E-state index contributed by atoms with van der Waals surface area (Å²) in [4.78, 5) is 0. The van der Waals surface area contributed by atoms with Gasteiger partial charge in [-0.05, 0) is 18.2 Å². The summed E-state index contributed by atoms with van der Waals surface area (Å²) < 4.78 is 12.9. The summed E-state index contributed by atoms with van der Waals surface area (Å²) >= 11 is 0. The lowest BCUT2D eigenvalue weighted by molar-refractivity contribution is 0.627. The van der Waals surface area contributed by atoms with Gasteiger partial charge in [-0.1, -0.05) is 5.92 Å². The number of hydrogen-bond donors (Lipinski definition) is 1. The summed E-state index contributed by atoms with van der Waals surface area (Å²) in [6.45, 7) is 0. The van der Waals surface area contributed by atoms with Gasteiger partial charge in [-0.2, -0.15) is 15.8 Å². The first-order chi connectivity index (χ1) is 8.65. The molecule has 0 unspecified atom stereocenters. The number of anilines is 1. The summed E-state index contributed by atoms with van der Waals surface area (Å²) in [6.07, 6.45) is 5.19. The van der Waals surface area contributed by atoms with Gasteiger partial charge in [-0.3, -0.25) is 0 Å². The van der Waals surface area contributed by atoms with E-state index in [0.29, 0.717) is 0 Å². The first-order valence-electron chi connectivity index (χ1n) is 4.64. The van der Waals surface area contributed by atoms with Crippen molar-refractivity contribution in [1.82, 2.24) is 0 Å². The summed E-state index contributed by atoms with van der Waals surface area (Å²) in [5, 5.41) is 28.7. The monoisotopic (exact) mass is 236 g/mol. The Balaban J connectivity index is 3.26. The first kappa shape index (κ1) is 12.8. The summed E-state index contributed by atoms with van der Waals surface area (Å²) in [5.41, 5.74) is -0.135. The average molecular weight is 236 g/mol. The van der Waals surface area contributed by atoms with Gasteiger partial charge < -0.3 is 5.32 Å². The molecule has 1 aromatic carbocycles. The highest BCUT2D eigenvalue weighted by atomic mass is 19.1. The van der Waals surface area contributed by atoms with E-state index < -0.39 is 5.82 Å². The van der Waals surface area contributed by atoms with E-state index in [-0.39, 0.29) is 22.5 Å². The van der Waals surface area contributed by atoms with Crippen LogP contribution in [0, 0.1) is 52.2 Å². The van der Waals surface area contributed by atoms with Crippen LogP contribution in [0.3, 0.4) is 0 Å². The smallest absolute Gasteiger partial charge is 0.163 e. The molecule has 0 fully saturated rings. The van der Waals surface area contributed by atoms with Crippen molar-refractivity contribution in [2.45, 2.75) is 0 Å². The predicted molar refractivity (Wildman–Crippen MR) is 61.8 cm³/mol. The Morgan fingerprint density at radius 3 is 2.33 bits per heavy atom. The van der Waals surface area contributed by atoms with Crippen molar-refractivity contribution in [3.63, 3.8) is 0 Å². The van der Waals surface area contributed by atoms with Gasteiger partial charge in [0.1, 0.15) is 29.7 Å². The molecule has 1 aromatic rings. The molecule has 0 aliphatic heterocycles. The number of hydrogen-bond acceptors (Lipinski definition) is 4. The lowest BCUT2D eigenvalue weighted by Gasteiger charge is -2.07. The average Bonchev–Trinajstić information content (AvgIpc) is 2.40. The number of rotatable bonds is 2. The zero-order chi connectivity index (χ0) is 13.5. The summed E-state index contributed by atoms with van der Waals surface area (Å²) in [7, 11) is 0. The maximum atomic E-state index is 12.9. The molecule has 0 spiro atoms. The van der Waals surface area contributed by atoms with E-state index in [9.17, 15) is 4.39 Å². The van der Waals surface area contributed by atoms with E-state index >= 15 is 0 Å². The van der Waals surface area contributed by atoms with Gasteiger partial charge in [0.15, 0.2) is 5.57 Å². The summed E-state index contributed by atoms with van der Waals surface area (Å²) in [5.74, 6) is 1.72. The van der Waals surface area contributed by atoms with Crippen LogP contribution in [0.15, 0.2) is 29.5 Å². The highest BCUT2D eigenvalue weighted by molar-refractivity contribution is 5.65. The molecule has 0 amide bonds. The van der Waals surface area contributed by atoms with Crippen LogP contribution >= 0.6 is 0 Å². The standard InChI is InChI=1S/C13H5FN4/c1-2-9-5-11(14)3-4-12(9)18-13(8-17)10(6-15)7-16/h1,3-5,18H. The molecule has 0 saturated carbocycles. The third-order valence-electron chi connectivity index (χ3n) is 1.98. The Morgan fingerprint density at radius 1 is 1.17 bits per heavy atom. The highest BCUT2D eigenvalue weighted by Crippen LogP contribution is 2.18. The fourth-order valence-corrected chi connectivity index (χ4v) is 1.16. The number of allylic oxidation sites excluding steroid dienone is 2. The predicted octanol–water partition coefficient (Wildman–Crippen LogP) is 2.04. The number of terminal acetylenes is 1. The molecular weight excluding hydrogens is 231 g/mol. The maximum Gasteiger partial charge on any atom is 0.163 e. The van der Waals surface area contributed by atoms with Crippen molar-refractivity contribution in [1.29, 1.82) is 15.8 Å². The molecule has 0 atom stereocenters. The zero-order valence-corrected chi connectivity index (χ0v) is 9.03. The van der Waals surface area contributed by atoms with Gasteiger partial charge >= 0.3 is 0 Å². The SMILES string of the molecule is C#Cc1cc(F)ccc1NC(C#N)=C(C#N)C#N. The lowest BCUT2D eigenvalue weighted by atomic mass is 10.1. The van der Waals surface area contributed by atoms with Gasteiger partial charge in [-0.25, -0.2) is 4.39 Å². The fourth-order valence-electron chi connectivity index (χ4n) is 1.16. The van der Waals surface area contributed by atoms with E-state index in [2.05, 4.69) is 11.2 Å². The third-order valence-corrected chi connectivity index (χ3v) is 1.98. The van der Waals surface area contributed by atoms with Crippen molar-refractivity contribution in [3.8, 4) is 30.6 Å². The van der Waals surface area contributed by atoms with Crippen LogP contribution in [-0.4, -0.2) is 0 Å². The van der Waals surface area contributed by atoms with E-state index in [1.54, 1.807) is 18.2 Å². The molecular formula is C13H5FN4. The third kappa shape index (κ3) is 2.64. The van der Waals surface area contributed by atoms with E-state index in [1.807, 2.05) is 0 Å². The number of nitriles is 3. The minimum atomic E-state index is -0.517. The maximum absolute atomic E-state index is 12.9. The van der Waals surface area contributed by atoms with E-state index in [1.165, 1.54) is 6.07 Å². The topological polar surface area (TPSA) is 83.4 Å². The molecule has 0 aliphatic carbocycles. The zero-order valence-electron chi connectivity index (χ0n) is 9.03. The molecule has 0 heterocycles. The van der Waals surface area contributed by atoms with Crippen molar-refractivity contribution < 1.29 is 4.39 Å². The van der Waals surface area contributed by atoms with Crippen LogP contribution < -0.4 is 5.32 Å². The Bertz CT molecular complexity index is 659. The molecule has 4 nitrogen and oxygen atoms in total. The molecule has 0 bridgehead atoms. The highest BCUT2D eigenvalue weighted by Gasteiger charge is 2.08. The normalized spacial score (nSPS) is 8.06. The molecule has 0 saturated heterocycles. The van der Waals surface area contributed by atoms with E-state index in [4.69, 9.17) is 22.2 Å². The molecule has 18 heavy (non-hydrogen) atoms. The minimum absolute atomic E-state index is 0.193. The van der Waals surface area contributed by atoms with Crippen molar-refractivity contribution >= 4 is 5.69 Å². The van der Waals surface area contributed by atoms with Crippen LogP contribution in [0.4, 0.5) is 10.1 Å². The fraction of sp³-hybridized carbons (Fsp3) is 0. The number of nitrogens with zero attached hydrogens (tertiary/aromatic N) is 3. The van der Waals surface area contributed by atoms with Gasteiger partial charge in [0, 0.05) is 0 Å². The first-order valence-corrected chi connectivity index (χ1v) is 4.64. The Labute approximate surface area is 103 Å². The van der Waals surface area contributed by atoms with Gasteiger partial charge in [0.05, 0.1) is 11.3 Å².